The van der Waals surface area contributed by atoms with Gasteiger partial charge in [-0.3, -0.25) is 0 Å². The van der Waals surface area contributed by atoms with E-state index in [-0.39, 0.29) is 0 Å². The van der Waals surface area contributed by atoms with Crippen molar-refractivity contribution in [2.45, 2.75) is 44.6 Å². The summed E-state index contributed by atoms with van der Waals surface area (Å²) in [5.41, 5.74) is 0.183. The van der Waals surface area contributed by atoms with Gasteiger partial charge in [-0.2, -0.15) is 0 Å². The maximum absolute atomic E-state index is 11.0. The molecule has 2 atom stereocenters. The van der Waals surface area contributed by atoms with Gasteiger partial charge in [-0.1, -0.05) is 19.8 Å². The minimum atomic E-state index is -0.735. The van der Waals surface area contributed by atoms with Crippen LogP contribution in [0.4, 0.5) is 0 Å². The molecule has 0 radical (unpaired) electrons. The molecule has 0 saturated heterocycles. The Kier molecular flexibility index (Phi) is 4.35. The van der Waals surface area contributed by atoms with E-state index in [4.69, 9.17) is 9.47 Å². The topological polar surface area (TPSA) is 38.7 Å². The third-order valence-electron chi connectivity index (χ3n) is 4.30. The summed E-state index contributed by atoms with van der Waals surface area (Å²) in [6, 6.07) is 5.70. The molecule has 1 saturated carbocycles. The van der Waals surface area contributed by atoms with Gasteiger partial charge in [0.25, 0.3) is 0 Å². The van der Waals surface area contributed by atoms with Crippen LogP contribution in [0, 0.1) is 5.92 Å². The average Bonchev–Trinajstić information content (AvgIpc) is 2.46. The lowest BCUT2D eigenvalue weighted by molar-refractivity contribution is -0.0220. The van der Waals surface area contributed by atoms with Crippen LogP contribution >= 0.6 is 0 Å². The van der Waals surface area contributed by atoms with E-state index < -0.39 is 5.60 Å². The molecule has 3 nitrogen and oxygen atoms in total. The highest BCUT2D eigenvalue weighted by atomic mass is 16.5. The molecule has 1 N–H and O–H groups in total. The molecular formula is C16H24O3. The molecular weight excluding hydrogens is 240 g/mol. The largest absolute Gasteiger partial charge is 0.497 e. The molecule has 2 unspecified atom stereocenters. The molecule has 1 aliphatic rings. The fourth-order valence-corrected chi connectivity index (χ4v) is 3.05. The van der Waals surface area contributed by atoms with Crippen molar-refractivity contribution in [2.75, 3.05) is 14.2 Å². The van der Waals surface area contributed by atoms with Crippen molar-refractivity contribution < 1.29 is 14.6 Å². The Labute approximate surface area is 115 Å². The summed E-state index contributed by atoms with van der Waals surface area (Å²) in [5.74, 6) is 2.08. The summed E-state index contributed by atoms with van der Waals surface area (Å²) >= 11 is 0. The van der Waals surface area contributed by atoms with Crippen molar-refractivity contribution in [2.24, 2.45) is 5.92 Å². The molecule has 0 heterocycles. The lowest BCUT2D eigenvalue weighted by atomic mass is 9.73. The Hall–Kier alpha value is -1.22. The number of ether oxygens (including phenoxy) is 2. The van der Waals surface area contributed by atoms with Crippen LogP contribution in [0.3, 0.4) is 0 Å². The van der Waals surface area contributed by atoms with E-state index in [9.17, 15) is 5.11 Å². The van der Waals surface area contributed by atoms with E-state index in [1.54, 1.807) is 14.2 Å². The second-order valence-electron chi connectivity index (χ2n) is 5.50. The number of benzene rings is 1. The smallest absolute Gasteiger partial charge is 0.122 e. The first-order valence-corrected chi connectivity index (χ1v) is 7.07. The molecule has 0 aliphatic heterocycles. The maximum atomic E-state index is 11.0. The molecule has 19 heavy (non-hydrogen) atoms. The summed E-state index contributed by atoms with van der Waals surface area (Å²) in [6.07, 6.45) is 5.08. The molecule has 0 spiro atoms. The minimum Gasteiger partial charge on any atom is -0.497 e. The van der Waals surface area contributed by atoms with Crippen LogP contribution in [0.25, 0.3) is 0 Å². The van der Waals surface area contributed by atoms with Crippen LogP contribution in [-0.4, -0.2) is 19.3 Å². The predicted octanol–water partition coefficient (Wildman–Crippen LogP) is 3.49. The third kappa shape index (κ3) is 3.03. The first-order valence-electron chi connectivity index (χ1n) is 7.07. The fraction of sp³-hybridized carbons (Fsp3) is 0.625. The Morgan fingerprint density at radius 3 is 2.37 bits per heavy atom. The number of hydrogen-bond donors (Lipinski definition) is 1. The highest BCUT2D eigenvalue weighted by molar-refractivity contribution is 5.41. The molecule has 1 aromatic rings. The zero-order valence-electron chi connectivity index (χ0n) is 12.1. The zero-order valence-corrected chi connectivity index (χ0v) is 12.1. The predicted molar refractivity (Wildman–Crippen MR) is 75.7 cm³/mol. The SMILES string of the molecule is CCC1CCCC(O)(c2cc(OC)cc(OC)c2)C1. The van der Waals surface area contributed by atoms with Crippen LogP contribution in [0.1, 0.15) is 44.6 Å². The van der Waals surface area contributed by atoms with E-state index in [1.165, 1.54) is 6.42 Å². The van der Waals surface area contributed by atoms with Crippen molar-refractivity contribution in [1.82, 2.24) is 0 Å². The minimum absolute atomic E-state index is 0.607. The standard InChI is InChI=1S/C16H24O3/c1-4-12-6-5-7-16(17,11-12)13-8-14(18-2)10-15(9-13)19-3/h8-10,12,17H,4-7,11H2,1-3H3. The molecule has 0 bridgehead atoms. The van der Waals surface area contributed by atoms with Crippen molar-refractivity contribution in [3.8, 4) is 11.5 Å². The van der Waals surface area contributed by atoms with E-state index in [0.717, 1.165) is 42.7 Å². The van der Waals surface area contributed by atoms with Crippen LogP contribution in [0.15, 0.2) is 18.2 Å². The van der Waals surface area contributed by atoms with Gasteiger partial charge in [0.15, 0.2) is 0 Å². The summed E-state index contributed by atoms with van der Waals surface area (Å²) in [7, 11) is 3.27. The molecule has 106 valence electrons. The van der Waals surface area contributed by atoms with Gasteiger partial charge in [0, 0.05) is 6.07 Å². The molecule has 1 aromatic carbocycles. The third-order valence-corrected chi connectivity index (χ3v) is 4.30. The van der Waals surface area contributed by atoms with Gasteiger partial charge < -0.3 is 14.6 Å². The maximum Gasteiger partial charge on any atom is 0.122 e. The van der Waals surface area contributed by atoms with E-state index in [1.807, 2.05) is 18.2 Å². The molecule has 3 heteroatoms. The first kappa shape index (κ1) is 14.2. The van der Waals surface area contributed by atoms with Gasteiger partial charge in [0.05, 0.1) is 19.8 Å². The molecule has 0 aromatic heterocycles. The zero-order chi connectivity index (χ0) is 13.9. The van der Waals surface area contributed by atoms with Crippen LogP contribution < -0.4 is 9.47 Å². The normalized spacial score (nSPS) is 27.1. The lowest BCUT2D eigenvalue weighted by Crippen LogP contribution is -2.32. The number of aliphatic hydroxyl groups is 1. The monoisotopic (exact) mass is 264 g/mol. The van der Waals surface area contributed by atoms with Crippen molar-refractivity contribution in [1.29, 1.82) is 0 Å². The van der Waals surface area contributed by atoms with Crippen LogP contribution in [0.2, 0.25) is 0 Å². The lowest BCUT2D eigenvalue weighted by Gasteiger charge is -2.37. The van der Waals surface area contributed by atoms with Gasteiger partial charge in [-0.15, -0.1) is 0 Å². The molecule has 1 aliphatic carbocycles. The highest BCUT2D eigenvalue weighted by Crippen LogP contribution is 2.42. The molecule has 2 rings (SSSR count). The summed E-state index contributed by atoms with van der Waals surface area (Å²) in [6.45, 7) is 2.20. The van der Waals surface area contributed by atoms with E-state index in [0.29, 0.717) is 5.92 Å². The Bertz CT molecular complexity index is 408. The highest BCUT2D eigenvalue weighted by Gasteiger charge is 2.35. The van der Waals surface area contributed by atoms with Gasteiger partial charge >= 0.3 is 0 Å². The second-order valence-corrected chi connectivity index (χ2v) is 5.50. The van der Waals surface area contributed by atoms with Gasteiger partial charge in [-0.25, -0.2) is 0 Å². The van der Waals surface area contributed by atoms with E-state index in [2.05, 4.69) is 6.92 Å². The van der Waals surface area contributed by atoms with Crippen molar-refractivity contribution in [3.63, 3.8) is 0 Å². The summed E-state index contributed by atoms with van der Waals surface area (Å²) in [4.78, 5) is 0. The number of rotatable bonds is 4. The van der Waals surface area contributed by atoms with Crippen molar-refractivity contribution in [3.05, 3.63) is 23.8 Å². The number of hydrogen-bond acceptors (Lipinski definition) is 3. The molecule has 0 amide bonds. The van der Waals surface area contributed by atoms with Crippen LogP contribution in [-0.2, 0) is 5.60 Å². The fourth-order valence-electron chi connectivity index (χ4n) is 3.05. The summed E-state index contributed by atoms with van der Waals surface area (Å²) < 4.78 is 10.6. The van der Waals surface area contributed by atoms with Gasteiger partial charge in [0.2, 0.25) is 0 Å². The van der Waals surface area contributed by atoms with E-state index >= 15 is 0 Å². The Morgan fingerprint density at radius 1 is 1.21 bits per heavy atom. The number of methoxy groups -OCH3 is 2. The van der Waals surface area contributed by atoms with Gasteiger partial charge in [0.1, 0.15) is 11.5 Å². The Morgan fingerprint density at radius 2 is 1.84 bits per heavy atom. The van der Waals surface area contributed by atoms with Gasteiger partial charge in [-0.05, 0) is 42.9 Å². The Balaban J connectivity index is 2.33. The average molecular weight is 264 g/mol. The second kappa shape index (κ2) is 5.83. The first-order chi connectivity index (χ1) is 9.11. The summed E-state index contributed by atoms with van der Waals surface area (Å²) in [5, 5.41) is 11.0. The van der Waals surface area contributed by atoms with Crippen molar-refractivity contribution >= 4 is 0 Å². The molecule has 1 fully saturated rings. The quantitative estimate of drug-likeness (QED) is 0.904. The van der Waals surface area contributed by atoms with Crippen LogP contribution in [0.5, 0.6) is 11.5 Å².